The Kier molecular flexibility index (Phi) is 6.50. The molecule has 1 amide bonds. The van der Waals surface area contributed by atoms with Gasteiger partial charge in [-0.25, -0.2) is 9.97 Å². The van der Waals surface area contributed by atoms with Crippen molar-refractivity contribution < 1.29 is 9.53 Å². The largest absolute Gasteiger partial charge is 0.385 e. The molecule has 0 atom stereocenters. The molecule has 122 valence electrons. The normalized spacial score (nSPS) is 10.3. The second-order valence-corrected chi connectivity index (χ2v) is 5.23. The van der Waals surface area contributed by atoms with Crippen molar-refractivity contribution in [1.29, 1.82) is 0 Å². The van der Waals surface area contributed by atoms with Gasteiger partial charge in [-0.15, -0.1) is 0 Å². The molecule has 2 rings (SSSR count). The SMILES string of the molecule is COCCCNc1cc(C(=O)NCc2cccc(C)c2)ncn1. The van der Waals surface area contributed by atoms with Crippen LogP contribution in [-0.4, -0.2) is 36.1 Å². The predicted molar refractivity (Wildman–Crippen MR) is 89.4 cm³/mol. The summed E-state index contributed by atoms with van der Waals surface area (Å²) < 4.78 is 4.99. The van der Waals surface area contributed by atoms with Crippen LogP contribution in [0.2, 0.25) is 0 Å². The Hall–Kier alpha value is -2.47. The van der Waals surface area contributed by atoms with Crippen LogP contribution in [0.15, 0.2) is 36.7 Å². The van der Waals surface area contributed by atoms with E-state index >= 15 is 0 Å². The fourth-order valence-electron chi connectivity index (χ4n) is 2.11. The number of aryl methyl sites for hydroxylation is 1. The first-order valence-electron chi connectivity index (χ1n) is 7.57. The number of carbonyl (C=O) groups is 1. The molecule has 2 N–H and O–H groups in total. The summed E-state index contributed by atoms with van der Waals surface area (Å²) in [6, 6.07) is 9.68. The summed E-state index contributed by atoms with van der Waals surface area (Å²) in [5, 5.41) is 6.01. The van der Waals surface area contributed by atoms with Gasteiger partial charge in [0.05, 0.1) is 0 Å². The van der Waals surface area contributed by atoms with Crippen LogP contribution in [-0.2, 0) is 11.3 Å². The molecule has 0 aliphatic carbocycles. The van der Waals surface area contributed by atoms with Crippen LogP contribution >= 0.6 is 0 Å². The number of carbonyl (C=O) groups excluding carboxylic acids is 1. The quantitative estimate of drug-likeness (QED) is 0.730. The molecule has 1 aromatic heterocycles. The van der Waals surface area contributed by atoms with Gasteiger partial charge >= 0.3 is 0 Å². The Morgan fingerprint density at radius 2 is 2.13 bits per heavy atom. The molecule has 0 spiro atoms. The molecule has 2 aromatic rings. The summed E-state index contributed by atoms with van der Waals surface area (Å²) in [4.78, 5) is 20.3. The number of nitrogens with zero attached hydrogens (tertiary/aromatic N) is 2. The first kappa shape index (κ1) is 16.9. The Morgan fingerprint density at radius 3 is 2.91 bits per heavy atom. The van der Waals surface area contributed by atoms with Crippen molar-refractivity contribution in [3.05, 3.63) is 53.5 Å². The highest BCUT2D eigenvalue weighted by molar-refractivity contribution is 5.92. The lowest BCUT2D eigenvalue weighted by Gasteiger charge is -2.08. The summed E-state index contributed by atoms with van der Waals surface area (Å²) in [6.07, 6.45) is 2.26. The summed E-state index contributed by atoms with van der Waals surface area (Å²) in [7, 11) is 1.67. The van der Waals surface area contributed by atoms with E-state index in [1.165, 1.54) is 11.9 Å². The summed E-state index contributed by atoms with van der Waals surface area (Å²) >= 11 is 0. The highest BCUT2D eigenvalue weighted by Gasteiger charge is 2.08. The van der Waals surface area contributed by atoms with Crippen LogP contribution in [0, 0.1) is 6.92 Å². The molecule has 6 heteroatoms. The minimum Gasteiger partial charge on any atom is -0.385 e. The van der Waals surface area contributed by atoms with Crippen LogP contribution in [0.5, 0.6) is 0 Å². The molecule has 6 nitrogen and oxygen atoms in total. The fourth-order valence-corrected chi connectivity index (χ4v) is 2.11. The van der Waals surface area contributed by atoms with Crippen LogP contribution < -0.4 is 10.6 Å². The topological polar surface area (TPSA) is 76.1 Å². The minimum absolute atomic E-state index is 0.214. The first-order chi connectivity index (χ1) is 11.2. The number of anilines is 1. The van der Waals surface area contributed by atoms with E-state index in [0.717, 1.165) is 18.5 Å². The van der Waals surface area contributed by atoms with Crippen molar-refractivity contribution in [2.45, 2.75) is 19.9 Å². The second-order valence-electron chi connectivity index (χ2n) is 5.23. The number of hydrogen-bond acceptors (Lipinski definition) is 5. The van der Waals surface area contributed by atoms with E-state index in [1.54, 1.807) is 13.2 Å². The number of hydrogen-bond donors (Lipinski definition) is 2. The maximum Gasteiger partial charge on any atom is 0.270 e. The van der Waals surface area contributed by atoms with Crippen LogP contribution in [0.25, 0.3) is 0 Å². The van der Waals surface area contributed by atoms with Crippen molar-refractivity contribution in [1.82, 2.24) is 15.3 Å². The zero-order valence-corrected chi connectivity index (χ0v) is 13.5. The van der Waals surface area contributed by atoms with Gasteiger partial charge in [0, 0.05) is 32.9 Å². The van der Waals surface area contributed by atoms with E-state index in [0.29, 0.717) is 24.7 Å². The molecule has 0 saturated carbocycles. The maximum atomic E-state index is 12.2. The van der Waals surface area contributed by atoms with Crippen LogP contribution in [0.4, 0.5) is 5.82 Å². The molecule has 0 unspecified atom stereocenters. The third kappa shape index (κ3) is 5.67. The summed E-state index contributed by atoms with van der Waals surface area (Å²) in [5.41, 5.74) is 2.58. The van der Waals surface area contributed by atoms with E-state index in [1.807, 2.05) is 31.2 Å². The van der Waals surface area contributed by atoms with Gasteiger partial charge in [-0.1, -0.05) is 29.8 Å². The van der Waals surface area contributed by atoms with E-state index < -0.39 is 0 Å². The summed E-state index contributed by atoms with van der Waals surface area (Å²) in [6.45, 7) is 3.91. The predicted octanol–water partition coefficient (Wildman–Crippen LogP) is 2.16. The minimum atomic E-state index is -0.214. The van der Waals surface area contributed by atoms with Gasteiger partial charge in [0.15, 0.2) is 0 Å². The molecule has 0 bridgehead atoms. The molecule has 23 heavy (non-hydrogen) atoms. The monoisotopic (exact) mass is 314 g/mol. The molecule has 0 aliphatic heterocycles. The molecule has 1 aromatic carbocycles. The van der Waals surface area contributed by atoms with Crippen molar-refractivity contribution in [3.8, 4) is 0 Å². The lowest BCUT2D eigenvalue weighted by atomic mass is 10.1. The second kappa shape index (κ2) is 8.85. The highest BCUT2D eigenvalue weighted by atomic mass is 16.5. The number of aromatic nitrogens is 2. The third-order valence-corrected chi connectivity index (χ3v) is 3.27. The fraction of sp³-hybridized carbons (Fsp3) is 0.353. The first-order valence-corrected chi connectivity index (χ1v) is 7.57. The molecule has 0 fully saturated rings. The molecular formula is C17H22N4O2. The van der Waals surface area contributed by atoms with Gasteiger partial charge in [-0.2, -0.15) is 0 Å². The van der Waals surface area contributed by atoms with Gasteiger partial charge < -0.3 is 15.4 Å². The number of ether oxygens (including phenoxy) is 1. The lowest BCUT2D eigenvalue weighted by molar-refractivity contribution is 0.0945. The van der Waals surface area contributed by atoms with E-state index in [-0.39, 0.29) is 5.91 Å². The molecule has 0 aliphatic rings. The number of benzene rings is 1. The van der Waals surface area contributed by atoms with Crippen molar-refractivity contribution in [3.63, 3.8) is 0 Å². The maximum absolute atomic E-state index is 12.2. The number of rotatable bonds is 8. The average molecular weight is 314 g/mol. The van der Waals surface area contributed by atoms with Gasteiger partial charge in [-0.3, -0.25) is 4.79 Å². The third-order valence-electron chi connectivity index (χ3n) is 3.27. The van der Waals surface area contributed by atoms with E-state index in [9.17, 15) is 4.79 Å². The van der Waals surface area contributed by atoms with E-state index in [2.05, 4.69) is 20.6 Å². The summed E-state index contributed by atoms with van der Waals surface area (Å²) in [5.74, 6) is 0.422. The number of methoxy groups -OCH3 is 1. The number of amides is 1. The zero-order chi connectivity index (χ0) is 16.5. The van der Waals surface area contributed by atoms with E-state index in [4.69, 9.17) is 4.74 Å². The smallest absolute Gasteiger partial charge is 0.270 e. The molecule has 0 radical (unpaired) electrons. The highest BCUT2D eigenvalue weighted by Crippen LogP contribution is 2.06. The Labute approximate surface area is 136 Å². The van der Waals surface area contributed by atoms with Gasteiger partial charge in [0.25, 0.3) is 5.91 Å². The molecule has 1 heterocycles. The average Bonchev–Trinajstić information content (AvgIpc) is 2.57. The zero-order valence-electron chi connectivity index (χ0n) is 13.5. The molecule has 0 saturated heterocycles. The Balaban J connectivity index is 1.89. The lowest BCUT2D eigenvalue weighted by Crippen LogP contribution is -2.24. The van der Waals surface area contributed by atoms with Gasteiger partial charge in [0.1, 0.15) is 17.8 Å². The number of nitrogens with one attached hydrogen (secondary N) is 2. The van der Waals surface area contributed by atoms with Crippen molar-refractivity contribution in [2.75, 3.05) is 25.6 Å². The molecular weight excluding hydrogens is 292 g/mol. The van der Waals surface area contributed by atoms with Crippen molar-refractivity contribution in [2.24, 2.45) is 0 Å². The van der Waals surface area contributed by atoms with Crippen molar-refractivity contribution >= 4 is 11.7 Å². The van der Waals surface area contributed by atoms with Crippen LogP contribution in [0.3, 0.4) is 0 Å². The van der Waals surface area contributed by atoms with Gasteiger partial charge in [0.2, 0.25) is 0 Å². The Bertz CT molecular complexity index is 646. The standard InChI is InChI=1S/C17H22N4O2/c1-13-5-3-6-14(9-13)11-19-17(22)15-10-16(21-12-20-15)18-7-4-8-23-2/h3,5-6,9-10,12H,4,7-8,11H2,1-2H3,(H,19,22)(H,18,20,21). The Morgan fingerprint density at radius 1 is 1.26 bits per heavy atom. The van der Waals surface area contributed by atoms with Gasteiger partial charge in [-0.05, 0) is 18.9 Å². The van der Waals surface area contributed by atoms with Crippen LogP contribution in [0.1, 0.15) is 28.0 Å².